The number of phenolic OH excluding ortho intramolecular Hbond substituents is 1. The summed E-state index contributed by atoms with van der Waals surface area (Å²) in [4.78, 5) is 28.9. The van der Waals surface area contributed by atoms with Crippen LogP contribution in [0.5, 0.6) is 5.75 Å². The van der Waals surface area contributed by atoms with Gasteiger partial charge in [-0.05, 0) is 110 Å². The van der Waals surface area contributed by atoms with Crippen molar-refractivity contribution in [1.82, 2.24) is 0 Å². The van der Waals surface area contributed by atoms with Gasteiger partial charge in [0.05, 0.1) is 23.6 Å². The van der Waals surface area contributed by atoms with Crippen LogP contribution >= 0.6 is 0 Å². The van der Waals surface area contributed by atoms with E-state index < -0.39 is 26.1 Å². The number of benzene rings is 2. The van der Waals surface area contributed by atoms with E-state index in [0.717, 1.165) is 40.7 Å². The van der Waals surface area contributed by atoms with E-state index in [0.29, 0.717) is 24.3 Å². The number of aryl methyl sites for hydroxylation is 2. The first-order valence-corrected chi connectivity index (χ1v) is 15.3. The molecule has 0 unspecified atom stereocenters. The van der Waals surface area contributed by atoms with Crippen LogP contribution in [-0.2, 0) is 14.2 Å². The van der Waals surface area contributed by atoms with Gasteiger partial charge in [-0.25, -0.2) is 0 Å². The maximum atomic E-state index is 14.0. The highest BCUT2D eigenvalue weighted by Gasteiger charge is 2.57. The maximum absolute atomic E-state index is 14.0. The number of nitrogens with zero attached hydrogens (tertiary/aromatic N) is 1. The van der Waals surface area contributed by atoms with E-state index in [1.807, 2.05) is 26.0 Å². The van der Waals surface area contributed by atoms with E-state index in [1.54, 1.807) is 12.1 Å². The zero-order valence-corrected chi connectivity index (χ0v) is 25.6. The van der Waals surface area contributed by atoms with Crippen LogP contribution in [0.4, 0.5) is 5.69 Å². The zero-order valence-electron chi connectivity index (χ0n) is 25.6. The summed E-state index contributed by atoms with van der Waals surface area (Å²) in [6.07, 6.45) is 4.67. The molecular weight excluding hydrogens is 544 g/mol. The Morgan fingerprint density at radius 3 is 2.44 bits per heavy atom. The molecule has 43 heavy (non-hydrogen) atoms. The summed E-state index contributed by atoms with van der Waals surface area (Å²) in [5, 5.41) is 40.4. The van der Waals surface area contributed by atoms with Crippen LogP contribution in [0.2, 0.25) is 6.32 Å². The molecule has 4 N–H and O–H groups in total. The summed E-state index contributed by atoms with van der Waals surface area (Å²) >= 11 is 0. The summed E-state index contributed by atoms with van der Waals surface area (Å²) in [7, 11) is -2.77. The molecule has 4 atom stereocenters. The molecule has 2 aromatic rings. The first-order valence-electron chi connectivity index (χ1n) is 15.3. The molecule has 0 spiro atoms. The van der Waals surface area contributed by atoms with Gasteiger partial charge in [-0.2, -0.15) is 0 Å². The molecular formula is C33H41B2NO7. The van der Waals surface area contributed by atoms with E-state index in [2.05, 4.69) is 26.8 Å². The fraction of sp³-hybridized carbons (Fsp3) is 0.455. The van der Waals surface area contributed by atoms with Gasteiger partial charge < -0.3 is 24.8 Å². The quantitative estimate of drug-likeness (QED) is 0.210. The third-order valence-corrected chi connectivity index (χ3v) is 9.43. The molecule has 5 rings (SSSR count). The van der Waals surface area contributed by atoms with Crippen LogP contribution in [0, 0.1) is 37.5 Å². The SMILES string of the molecule is CC/C(=C\c1cc(C)c(O)c(C)c1)CC[C@H]1OB(O)C[C@H]2C1=C(C(C)C)C[C@H]1C(=O)N(c3cccc(B(O)O)c3)C(=O)[C@H]12. The van der Waals surface area contributed by atoms with Crippen LogP contribution in [0.1, 0.15) is 63.1 Å². The number of imide groups is 1. The number of hydrogen-bond donors (Lipinski definition) is 4. The molecule has 0 aromatic heterocycles. The second-order valence-electron chi connectivity index (χ2n) is 12.6. The van der Waals surface area contributed by atoms with Gasteiger partial charge >= 0.3 is 14.2 Å². The summed E-state index contributed by atoms with van der Waals surface area (Å²) in [6, 6.07) is 10.2. The van der Waals surface area contributed by atoms with Crippen molar-refractivity contribution < 1.29 is 34.4 Å². The van der Waals surface area contributed by atoms with Crippen molar-refractivity contribution in [2.24, 2.45) is 23.7 Å². The number of allylic oxidation sites excluding steroid dienone is 2. The average Bonchev–Trinajstić information content (AvgIpc) is 3.22. The van der Waals surface area contributed by atoms with Gasteiger partial charge in [0.15, 0.2) is 0 Å². The van der Waals surface area contributed by atoms with Crippen molar-refractivity contribution in [3.63, 3.8) is 0 Å². The van der Waals surface area contributed by atoms with Crippen LogP contribution in [0.3, 0.4) is 0 Å². The lowest BCUT2D eigenvalue weighted by Crippen LogP contribution is -2.46. The first kappa shape index (κ1) is 31.3. The van der Waals surface area contributed by atoms with Crippen molar-refractivity contribution in [3.05, 3.63) is 69.8 Å². The average molecular weight is 585 g/mol. The van der Waals surface area contributed by atoms with Gasteiger partial charge in [-0.15, -0.1) is 0 Å². The third-order valence-electron chi connectivity index (χ3n) is 9.43. The number of aromatic hydroxyl groups is 1. The minimum absolute atomic E-state index is 0.133. The number of phenols is 1. The maximum Gasteiger partial charge on any atom is 0.488 e. The Morgan fingerprint density at radius 1 is 1.12 bits per heavy atom. The number of hydrogen-bond acceptors (Lipinski definition) is 7. The Kier molecular flexibility index (Phi) is 9.05. The molecule has 2 heterocycles. The van der Waals surface area contributed by atoms with Crippen molar-refractivity contribution in [2.75, 3.05) is 4.90 Å². The Bertz CT molecular complexity index is 1460. The molecule has 226 valence electrons. The molecule has 0 radical (unpaired) electrons. The fourth-order valence-electron chi connectivity index (χ4n) is 7.30. The van der Waals surface area contributed by atoms with Crippen molar-refractivity contribution in [1.29, 1.82) is 0 Å². The van der Waals surface area contributed by atoms with Crippen molar-refractivity contribution in [2.45, 2.75) is 72.7 Å². The number of carbonyl (C=O) groups excluding carboxylic acids is 2. The molecule has 1 aliphatic carbocycles. The topological polar surface area (TPSA) is 128 Å². The molecule has 8 nitrogen and oxygen atoms in total. The lowest BCUT2D eigenvalue weighted by molar-refractivity contribution is -0.122. The number of amides is 2. The van der Waals surface area contributed by atoms with Crippen LogP contribution < -0.4 is 10.4 Å². The Hall–Kier alpha value is -3.17. The van der Waals surface area contributed by atoms with Gasteiger partial charge in [0, 0.05) is 0 Å². The fourth-order valence-corrected chi connectivity index (χ4v) is 7.30. The molecule has 0 saturated carbocycles. The number of anilines is 1. The van der Waals surface area contributed by atoms with Crippen LogP contribution in [-0.4, -0.2) is 52.3 Å². The summed E-state index contributed by atoms with van der Waals surface area (Å²) in [5.41, 5.74) is 6.61. The predicted molar refractivity (Wildman–Crippen MR) is 168 cm³/mol. The monoisotopic (exact) mass is 585 g/mol. The van der Waals surface area contributed by atoms with E-state index in [1.165, 1.54) is 22.6 Å². The highest BCUT2D eigenvalue weighted by atomic mass is 16.5. The molecule has 2 aromatic carbocycles. The molecule has 2 amide bonds. The van der Waals surface area contributed by atoms with Crippen LogP contribution in [0.25, 0.3) is 6.08 Å². The standard InChI is InChI=1S/C33H41B2NO7/c1-6-21(14-22-12-19(4)31(37)20(5)13-22)10-11-28-29-25(18(2)3)16-26-30(27(29)17-34(40)43-28)33(39)36(32(26)38)24-9-7-8-23(15-24)35(41)42/h7-9,12-15,18,26-28,30,37,40-42H,6,10-11,16-17H2,1-5H3/b21-14+/t26-,27+,28-,30-/m1/s1. The molecule has 2 saturated heterocycles. The molecule has 0 bridgehead atoms. The number of carbonyl (C=O) groups is 2. The minimum atomic E-state index is -1.72. The lowest BCUT2D eigenvalue weighted by atomic mass is 9.57. The Balaban J connectivity index is 1.45. The van der Waals surface area contributed by atoms with Crippen molar-refractivity contribution >= 4 is 43.3 Å². The molecule has 2 fully saturated rings. The zero-order chi connectivity index (χ0) is 31.2. The number of fused-ring (bicyclic) bond motifs is 3. The smallest absolute Gasteiger partial charge is 0.488 e. The second-order valence-corrected chi connectivity index (χ2v) is 12.6. The number of rotatable bonds is 8. The van der Waals surface area contributed by atoms with Crippen molar-refractivity contribution in [3.8, 4) is 5.75 Å². The van der Waals surface area contributed by atoms with E-state index >= 15 is 0 Å². The normalized spacial score (nSPS) is 24.2. The van der Waals surface area contributed by atoms with Gasteiger partial charge in [0.25, 0.3) is 0 Å². The van der Waals surface area contributed by atoms with Gasteiger partial charge in [-0.1, -0.05) is 50.1 Å². The highest BCUT2D eigenvalue weighted by molar-refractivity contribution is 6.58. The second kappa shape index (κ2) is 12.4. The first-order chi connectivity index (χ1) is 20.4. The third kappa shape index (κ3) is 5.98. The highest BCUT2D eigenvalue weighted by Crippen LogP contribution is 2.52. The van der Waals surface area contributed by atoms with E-state index in [4.69, 9.17) is 4.65 Å². The predicted octanol–water partition coefficient (Wildman–Crippen LogP) is 3.92. The molecule has 2 aliphatic heterocycles. The summed E-state index contributed by atoms with van der Waals surface area (Å²) in [6.45, 7) is 10.1. The summed E-state index contributed by atoms with van der Waals surface area (Å²) in [5.74, 6) is -1.64. The molecule has 10 heteroatoms. The lowest BCUT2D eigenvalue weighted by Gasteiger charge is -2.44. The summed E-state index contributed by atoms with van der Waals surface area (Å²) < 4.78 is 6.17. The van der Waals surface area contributed by atoms with Crippen LogP contribution in [0.15, 0.2) is 53.1 Å². The minimum Gasteiger partial charge on any atom is -0.507 e. The Labute approximate surface area is 254 Å². The molecule has 3 aliphatic rings. The Morgan fingerprint density at radius 2 is 1.81 bits per heavy atom. The van der Waals surface area contributed by atoms with Gasteiger partial charge in [0.2, 0.25) is 11.8 Å². The van der Waals surface area contributed by atoms with E-state index in [9.17, 15) is 29.8 Å². The van der Waals surface area contributed by atoms with Gasteiger partial charge in [-0.3, -0.25) is 14.5 Å². The largest absolute Gasteiger partial charge is 0.507 e. The van der Waals surface area contributed by atoms with Gasteiger partial charge in [0.1, 0.15) is 5.75 Å². The van der Waals surface area contributed by atoms with E-state index in [-0.39, 0.29) is 41.5 Å².